The van der Waals surface area contributed by atoms with Gasteiger partial charge in [-0.1, -0.05) is 31.9 Å². The van der Waals surface area contributed by atoms with Crippen LogP contribution in [-0.2, 0) is 6.54 Å². The van der Waals surface area contributed by atoms with Crippen molar-refractivity contribution in [3.8, 4) is 34.3 Å². The van der Waals surface area contributed by atoms with Gasteiger partial charge in [-0.15, -0.1) is 0 Å². The highest BCUT2D eigenvalue weighted by Crippen LogP contribution is 2.41. The van der Waals surface area contributed by atoms with Crippen molar-refractivity contribution in [3.05, 3.63) is 48.4 Å². The standard InChI is InChI=1S/C28H38N4O5/c1-6-7-10-14-29-28(33)31-22-12-8-9-13-24(22)37-16-11-15-32-19-23(30-20(32)2)27-25(35-4)17-21(34-3)18-26(27)36-5/h8-9,12-13,17-19H,6-7,10-11,14-16H2,1-5H3,(H2,29,31,33). The van der Waals surface area contributed by atoms with Gasteiger partial charge >= 0.3 is 6.03 Å². The number of para-hydroxylation sites is 2. The lowest BCUT2D eigenvalue weighted by Gasteiger charge is -2.14. The predicted octanol–water partition coefficient (Wildman–Crippen LogP) is 5.67. The summed E-state index contributed by atoms with van der Waals surface area (Å²) in [4.78, 5) is 17.0. The highest BCUT2D eigenvalue weighted by molar-refractivity contribution is 5.90. The number of urea groups is 1. The lowest BCUT2D eigenvalue weighted by atomic mass is 10.1. The number of unbranched alkanes of at least 4 members (excludes halogenated alkanes) is 2. The van der Waals surface area contributed by atoms with Crippen molar-refractivity contribution < 1.29 is 23.7 Å². The number of amides is 2. The zero-order valence-corrected chi connectivity index (χ0v) is 22.4. The number of aromatic nitrogens is 2. The van der Waals surface area contributed by atoms with Crippen LogP contribution in [0.3, 0.4) is 0 Å². The molecule has 0 fully saturated rings. The first-order valence-electron chi connectivity index (χ1n) is 12.6. The Labute approximate surface area is 219 Å². The minimum atomic E-state index is -0.224. The van der Waals surface area contributed by atoms with Crippen molar-refractivity contribution in [2.45, 2.75) is 46.1 Å². The summed E-state index contributed by atoms with van der Waals surface area (Å²) in [7, 11) is 4.83. The number of ether oxygens (including phenoxy) is 4. The zero-order valence-electron chi connectivity index (χ0n) is 22.4. The minimum Gasteiger partial charge on any atom is -0.496 e. The molecule has 0 aliphatic heterocycles. The molecule has 3 rings (SSSR count). The molecule has 0 aliphatic rings. The van der Waals surface area contributed by atoms with Crippen molar-refractivity contribution in [2.75, 3.05) is 39.8 Å². The molecule has 0 radical (unpaired) electrons. The lowest BCUT2D eigenvalue weighted by Crippen LogP contribution is -2.29. The highest BCUT2D eigenvalue weighted by Gasteiger charge is 2.19. The molecule has 0 aliphatic carbocycles. The van der Waals surface area contributed by atoms with E-state index in [1.54, 1.807) is 21.3 Å². The van der Waals surface area contributed by atoms with E-state index >= 15 is 0 Å². The van der Waals surface area contributed by atoms with Gasteiger partial charge in [0.15, 0.2) is 0 Å². The first-order chi connectivity index (χ1) is 18.0. The van der Waals surface area contributed by atoms with E-state index in [-0.39, 0.29) is 6.03 Å². The maximum atomic E-state index is 12.2. The van der Waals surface area contributed by atoms with Gasteiger partial charge < -0.3 is 34.1 Å². The quantitative estimate of drug-likeness (QED) is 0.272. The van der Waals surface area contributed by atoms with Crippen LogP contribution in [0.15, 0.2) is 42.6 Å². The Morgan fingerprint density at radius 1 is 0.973 bits per heavy atom. The minimum absolute atomic E-state index is 0.224. The summed E-state index contributed by atoms with van der Waals surface area (Å²) < 4.78 is 24.6. The summed E-state index contributed by atoms with van der Waals surface area (Å²) in [5, 5.41) is 5.77. The van der Waals surface area contributed by atoms with Gasteiger partial charge in [0.25, 0.3) is 0 Å². The number of nitrogens with one attached hydrogen (secondary N) is 2. The number of imidazole rings is 1. The number of aryl methyl sites for hydroxylation is 2. The zero-order chi connectivity index (χ0) is 26.6. The maximum absolute atomic E-state index is 12.2. The summed E-state index contributed by atoms with van der Waals surface area (Å²) in [5.74, 6) is 3.42. The summed E-state index contributed by atoms with van der Waals surface area (Å²) in [6.45, 7) is 5.95. The third-order valence-electron chi connectivity index (χ3n) is 5.95. The van der Waals surface area contributed by atoms with Gasteiger partial charge in [-0.25, -0.2) is 9.78 Å². The van der Waals surface area contributed by atoms with E-state index in [4.69, 9.17) is 23.9 Å². The normalized spacial score (nSPS) is 10.6. The van der Waals surface area contributed by atoms with Gasteiger partial charge in [0.1, 0.15) is 28.8 Å². The van der Waals surface area contributed by atoms with Crippen LogP contribution in [0, 0.1) is 6.92 Å². The van der Waals surface area contributed by atoms with E-state index in [0.717, 1.165) is 42.8 Å². The third kappa shape index (κ3) is 7.55. The molecule has 9 nitrogen and oxygen atoms in total. The average molecular weight is 511 g/mol. The number of methoxy groups -OCH3 is 3. The maximum Gasteiger partial charge on any atom is 0.319 e. The second kappa shape index (κ2) is 14.0. The van der Waals surface area contributed by atoms with E-state index in [1.807, 2.05) is 49.5 Å². The Hall–Kier alpha value is -3.88. The van der Waals surface area contributed by atoms with Crippen molar-refractivity contribution in [3.63, 3.8) is 0 Å². The number of nitrogens with zero attached hydrogens (tertiary/aromatic N) is 2. The molecular weight excluding hydrogens is 472 g/mol. The van der Waals surface area contributed by atoms with E-state index in [1.165, 1.54) is 0 Å². The summed E-state index contributed by atoms with van der Waals surface area (Å²) in [6, 6.07) is 10.9. The van der Waals surface area contributed by atoms with Crippen molar-refractivity contribution in [1.29, 1.82) is 0 Å². The molecule has 0 saturated heterocycles. The average Bonchev–Trinajstić information content (AvgIpc) is 3.28. The number of carbonyl (C=O) groups is 1. The van der Waals surface area contributed by atoms with Gasteiger partial charge in [0, 0.05) is 31.4 Å². The Kier molecular flexibility index (Phi) is 10.5. The molecule has 2 amide bonds. The Balaban J connectivity index is 1.60. The molecule has 0 bridgehead atoms. The molecule has 1 aromatic heterocycles. The molecule has 200 valence electrons. The van der Waals surface area contributed by atoms with E-state index in [0.29, 0.717) is 48.4 Å². The summed E-state index contributed by atoms with van der Waals surface area (Å²) in [6.07, 6.45) is 5.92. The fraction of sp³-hybridized carbons (Fsp3) is 0.429. The third-order valence-corrected chi connectivity index (χ3v) is 5.95. The van der Waals surface area contributed by atoms with Gasteiger partial charge in [-0.2, -0.15) is 0 Å². The molecule has 0 saturated carbocycles. The van der Waals surface area contributed by atoms with Gasteiger partial charge in [-0.3, -0.25) is 0 Å². The van der Waals surface area contributed by atoms with E-state index in [2.05, 4.69) is 22.1 Å². The van der Waals surface area contributed by atoms with Crippen LogP contribution in [0.25, 0.3) is 11.3 Å². The van der Waals surface area contributed by atoms with Crippen LogP contribution < -0.4 is 29.6 Å². The molecule has 0 spiro atoms. The molecule has 0 atom stereocenters. The van der Waals surface area contributed by atoms with Crippen LogP contribution in [0.2, 0.25) is 0 Å². The van der Waals surface area contributed by atoms with E-state index in [9.17, 15) is 4.79 Å². The van der Waals surface area contributed by atoms with Gasteiger partial charge in [-0.05, 0) is 31.9 Å². The van der Waals surface area contributed by atoms with Crippen LogP contribution in [0.5, 0.6) is 23.0 Å². The molecule has 9 heteroatoms. The molecule has 2 aromatic carbocycles. The monoisotopic (exact) mass is 510 g/mol. The van der Waals surface area contributed by atoms with E-state index < -0.39 is 0 Å². The molecule has 3 aromatic rings. The number of carbonyl (C=O) groups excluding carboxylic acids is 1. The van der Waals surface area contributed by atoms with Crippen molar-refractivity contribution >= 4 is 11.7 Å². The van der Waals surface area contributed by atoms with Gasteiger partial charge in [0.05, 0.1) is 44.9 Å². The number of anilines is 1. The second-order valence-corrected chi connectivity index (χ2v) is 8.56. The first-order valence-corrected chi connectivity index (χ1v) is 12.6. The second-order valence-electron chi connectivity index (χ2n) is 8.56. The number of hydrogen-bond acceptors (Lipinski definition) is 6. The SMILES string of the molecule is CCCCCNC(=O)Nc1ccccc1OCCCn1cc(-c2c(OC)cc(OC)cc2OC)nc1C. The predicted molar refractivity (Wildman–Crippen MR) is 145 cm³/mol. The lowest BCUT2D eigenvalue weighted by molar-refractivity contribution is 0.251. The first kappa shape index (κ1) is 27.7. The Bertz CT molecular complexity index is 1140. The topological polar surface area (TPSA) is 95.9 Å². The summed E-state index contributed by atoms with van der Waals surface area (Å²) >= 11 is 0. The van der Waals surface area contributed by atoms with Crippen LogP contribution in [-0.4, -0.2) is 50.1 Å². The Morgan fingerprint density at radius 3 is 2.38 bits per heavy atom. The van der Waals surface area contributed by atoms with Gasteiger partial charge in [0.2, 0.25) is 0 Å². The number of benzene rings is 2. The molecule has 2 N–H and O–H groups in total. The molecule has 1 heterocycles. The largest absolute Gasteiger partial charge is 0.496 e. The molecular formula is C28H38N4O5. The fourth-order valence-corrected chi connectivity index (χ4v) is 3.97. The number of hydrogen-bond donors (Lipinski definition) is 2. The number of rotatable bonds is 14. The van der Waals surface area contributed by atoms with Crippen LogP contribution >= 0.6 is 0 Å². The van der Waals surface area contributed by atoms with Crippen LogP contribution in [0.1, 0.15) is 38.4 Å². The summed E-state index contributed by atoms with van der Waals surface area (Å²) in [5.41, 5.74) is 2.18. The molecule has 0 unspecified atom stereocenters. The Morgan fingerprint density at radius 2 is 1.70 bits per heavy atom. The highest BCUT2D eigenvalue weighted by atomic mass is 16.5. The van der Waals surface area contributed by atoms with Crippen LogP contribution in [0.4, 0.5) is 10.5 Å². The molecule has 37 heavy (non-hydrogen) atoms. The van der Waals surface area contributed by atoms with Crippen molar-refractivity contribution in [1.82, 2.24) is 14.9 Å². The van der Waals surface area contributed by atoms with Crippen molar-refractivity contribution in [2.24, 2.45) is 0 Å². The smallest absolute Gasteiger partial charge is 0.319 e. The fourth-order valence-electron chi connectivity index (χ4n) is 3.97.